The molecule has 0 saturated heterocycles. The molecule has 0 bridgehead atoms. The minimum atomic E-state index is 0.587. The fraction of sp³-hybridized carbons (Fsp3) is 0.444. The zero-order chi connectivity index (χ0) is 16.6. The summed E-state index contributed by atoms with van der Waals surface area (Å²) in [7, 11) is 3.22. The number of hydrogen-bond donors (Lipinski definition) is 0. The van der Waals surface area contributed by atoms with Crippen molar-refractivity contribution >= 4 is 0 Å². The van der Waals surface area contributed by atoms with Crippen LogP contribution in [-0.4, -0.2) is 14.2 Å². The topological polar surface area (TPSA) is 18.5 Å². The lowest BCUT2D eigenvalue weighted by atomic mass is 10.0. The molecule has 0 atom stereocenters. The Morgan fingerprint density at radius 1 is 0.900 bits per heavy atom. The van der Waals surface area contributed by atoms with Crippen LogP contribution in [0.1, 0.15) is 41.5 Å². The predicted molar refractivity (Wildman–Crippen MR) is 91.6 cm³/mol. The molecular formula is C18H32O2. The van der Waals surface area contributed by atoms with Gasteiger partial charge in [-0.25, -0.2) is 0 Å². The molecule has 0 heterocycles. The van der Waals surface area contributed by atoms with Gasteiger partial charge in [-0.05, 0) is 19.9 Å². The van der Waals surface area contributed by atoms with Crippen molar-refractivity contribution in [3.63, 3.8) is 0 Å². The van der Waals surface area contributed by atoms with Crippen LogP contribution < -0.4 is 0 Å². The van der Waals surface area contributed by atoms with Gasteiger partial charge in [0.15, 0.2) is 0 Å². The number of methoxy groups -OCH3 is 2. The molecule has 0 unspecified atom stereocenters. The van der Waals surface area contributed by atoms with Gasteiger partial charge in [0.05, 0.1) is 14.2 Å². The van der Waals surface area contributed by atoms with E-state index in [4.69, 9.17) is 9.47 Å². The molecule has 116 valence electrons. The summed E-state index contributed by atoms with van der Waals surface area (Å²) in [6.07, 6.45) is 7.46. The SMILES string of the molecule is C=CC(=C(\C=C/C)C(=C)OC)/C(=C\C)OC.CC.CC. The lowest BCUT2D eigenvalue weighted by Crippen LogP contribution is -1.98. The second kappa shape index (κ2) is 17.3. The summed E-state index contributed by atoms with van der Waals surface area (Å²) in [4.78, 5) is 0. The minimum Gasteiger partial charge on any atom is -0.497 e. The fourth-order valence-electron chi connectivity index (χ4n) is 1.34. The van der Waals surface area contributed by atoms with Gasteiger partial charge in [0.25, 0.3) is 0 Å². The Bertz CT molecular complexity index is 344. The molecule has 20 heavy (non-hydrogen) atoms. The highest BCUT2D eigenvalue weighted by molar-refractivity contribution is 5.50. The molecule has 2 heteroatoms. The third-order valence-corrected chi connectivity index (χ3v) is 2.12. The third-order valence-electron chi connectivity index (χ3n) is 2.12. The van der Waals surface area contributed by atoms with Gasteiger partial charge < -0.3 is 9.47 Å². The molecule has 0 fully saturated rings. The first-order valence-electron chi connectivity index (χ1n) is 7.09. The van der Waals surface area contributed by atoms with Gasteiger partial charge in [-0.15, -0.1) is 0 Å². The Kier molecular flexibility index (Phi) is 20.2. The van der Waals surface area contributed by atoms with Gasteiger partial charge in [-0.2, -0.15) is 0 Å². The molecule has 0 rings (SSSR count). The van der Waals surface area contributed by atoms with E-state index in [1.165, 1.54) is 0 Å². The van der Waals surface area contributed by atoms with Crippen LogP contribution in [0.5, 0.6) is 0 Å². The van der Waals surface area contributed by atoms with Crippen LogP contribution in [0.3, 0.4) is 0 Å². The van der Waals surface area contributed by atoms with Crippen molar-refractivity contribution in [1.82, 2.24) is 0 Å². The first kappa shape index (κ1) is 23.4. The molecule has 0 spiro atoms. The smallest absolute Gasteiger partial charge is 0.122 e. The van der Waals surface area contributed by atoms with E-state index >= 15 is 0 Å². The Morgan fingerprint density at radius 3 is 1.65 bits per heavy atom. The molecule has 0 aliphatic carbocycles. The monoisotopic (exact) mass is 280 g/mol. The van der Waals surface area contributed by atoms with Crippen LogP contribution in [0.4, 0.5) is 0 Å². The van der Waals surface area contributed by atoms with Crippen molar-refractivity contribution in [3.05, 3.63) is 60.1 Å². The molecule has 2 nitrogen and oxygen atoms in total. The van der Waals surface area contributed by atoms with E-state index in [1.807, 2.05) is 59.8 Å². The molecule has 0 N–H and O–H groups in total. The summed E-state index contributed by atoms with van der Waals surface area (Å²) in [5.41, 5.74) is 1.74. The van der Waals surface area contributed by atoms with E-state index in [-0.39, 0.29) is 0 Å². The number of rotatable bonds is 6. The summed E-state index contributed by atoms with van der Waals surface area (Å²) in [5.74, 6) is 1.34. The number of ether oxygens (including phenoxy) is 2. The van der Waals surface area contributed by atoms with Gasteiger partial charge >= 0.3 is 0 Å². The van der Waals surface area contributed by atoms with Crippen LogP contribution in [0.25, 0.3) is 0 Å². The molecular weight excluding hydrogens is 248 g/mol. The van der Waals surface area contributed by atoms with Crippen molar-refractivity contribution in [3.8, 4) is 0 Å². The molecule has 0 saturated carbocycles. The van der Waals surface area contributed by atoms with Crippen molar-refractivity contribution in [1.29, 1.82) is 0 Å². The summed E-state index contributed by atoms with van der Waals surface area (Å²) < 4.78 is 10.4. The van der Waals surface area contributed by atoms with Crippen LogP contribution in [0.2, 0.25) is 0 Å². The molecule has 0 amide bonds. The summed E-state index contributed by atoms with van der Waals surface area (Å²) in [6, 6.07) is 0. The minimum absolute atomic E-state index is 0.587. The molecule has 0 aromatic carbocycles. The highest BCUT2D eigenvalue weighted by Gasteiger charge is 2.09. The van der Waals surface area contributed by atoms with Crippen LogP contribution in [0, 0.1) is 0 Å². The summed E-state index contributed by atoms with van der Waals surface area (Å²) >= 11 is 0. The quantitative estimate of drug-likeness (QED) is 0.451. The summed E-state index contributed by atoms with van der Waals surface area (Å²) in [6.45, 7) is 19.5. The largest absolute Gasteiger partial charge is 0.497 e. The van der Waals surface area contributed by atoms with Crippen molar-refractivity contribution in [2.24, 2.45) is 0 Å². The van der Waals surface area contributed by atoms with E-state index < -0.39 is 0 Å². The van der Waals surface area contributed by atoms with Gasteiger partial charge in [0, 0.05) is 11.1 Å². The molecule has 0 aliphatic rings. The lowest BCUT2D eigenvalue weighted by molar-refractivity contribution is 0.293. The van der Waals surface area contributed by atoms with Gasteiger partial charge in [0.2, 0.25) is 0 Å². The Balaban J connectivity index is -0.000000656. The Morgan fingerprint density at radius 2 is 1.40 bits per heavy atom. The highest BCUT2D eigenvalue weighted by Crippen LogP contribution is 2.23. The second-order valence-electron chi connectivity index (χ2n) is 3.02. The van der Waals surface area contributed by atoms with Crippen molar-refractivity contribution in [2.45, 2.75) is 41.5 Å². The third kappa shape index (κ3) is 8.41. The zero-order valence-electron chi connectivity index (χ0n) is 14.5. The van der Waals surface area contributed by atoms with Crippen molar-refractivity contribution in [2.75, 3.05) is 14.2 Å². The zero-order valence-corrected chi connectivity index (χ0v) is 14.5. The van der Waals surface area contributed by atoms with Crippen molar-refractivity contribution < 1.29 is 9.47 Å². The Hall–Kier alpha value is -1.70. The fourth-order valence-corrected chi connectivity index (χ4v) is 1.34. The first-order valence-corrected chi connectivity index (χ1v) is 7.09. The number of hydrogen-bond acceptors (Lipinski definition) is 2. The first-order chi connectivity index (χ1) is 9.65. The molecule has 0 aromatic heterocycles. The maximum Gasteiger partial charge on any atom is 0.122 e. The average Bonchev–Trinajstić information content (AvgIpc) is 2.53. The summed E-state index contributed by atoms with van der Waals surface area (Å²) in [5, 5.41) is 0. The second-order valence-corrected chi connectivity index (χ2v) is 3.02. The van der Waals surface area contributed by atoms with Crippen LogP contribution in [-0.2, 0) is 9.47 Å². The predicted octanol–water partition coefficient (Wildman–Crippen LogP) is 5.81. The normalized spacial score (nSPS) is 11.3. The highest BCUT2D eigenvalue weighted by atomic mass is 16.5. The van der Waals surface area contributed by atoms with E-state index in [9.17, 15) is 0 Å². The molecule has 0 aliphatic heterocycles. The maximum atomic E-state index is 5.28. The standard InChI is InChI=1S/C14H20O2.2C2H6/c1-7-10-13(11(4)15-5)12(8-2)14(9-3)16-6;2*1-2/h7-10H,2,4H2,1,3,5-6H3;2*1-2H3/b10-7-,13-12-,14-9+;;. The van der Waals surface area contributed by atoms with E-state index in [2.05, 4.69) is 13.2 Å². The van der Waals surface area contributed by atoms with Crippen LogP contribution >= 0.6 is 0 Å². The van der Waals surface area contributed by atoms with E-state index in [1.54, 1.807) is 20.3 Å². The van der Waals surface area contributed by atoms with Gasteiger partial charge in [-0.1, -0.05) is 59.1 Å². The lowest BCUT2D eigenvalue weighted by Gasteiger charge is -2.13. The average molecular weight is 280 g/mol. The Labute approximate surface area is 126 Å². The van der Waals surface area contributed by atoms with E-state index in [0.717, 1.165) is 16.9 Å². The van der Waals surface area contributed by atoms with Gasteiger partial charge in [-0.3, -0.25) is 0 Å². The number of allylic oxidation sites excluding steroid dienone is 4. The maximum absolute atomic E-state index is 5.28. The van der Waals surface area contributed by atoms with Gasteiger partial charge in [0.1, 0.15) is 11.5 Å². The molecule has 0 aromatic rings. The van der Waals surface area contributed by atoms with E-state index in [0.29, 0.717) is 5.76 Å². The van der Waals surface area contributed by atoms with Crippen LogP contribution in [0.15, 0.2) is 60.1 Å². The molecule has 0 radical (unpaired) electrons.